The molecule has 2 amide bonds. The molecule has 0 fully saturated rings. The minimum Gasteiger partial charge on any atom is -0.338 e. The van der Waals surface area contributed by atoms with Gasteiger partial charge < -0.3 is 10.6 Å². The maximum absolute atomic E-state index is 12.3. The molecule has 2 aromatic carbocycles. The van der Waals surface area contributed by atoms with Crippen LogP contribution < -0.4 is 10.6 Å². The molecule has 7 nitrogen and oxygen atoms in total. The van der Waals surface area contributed by atoms with E-state index in [1.165, 1.54) is 0 Å². The molecule has 0 atom stereocenters. The van der Waals surface area contributed by atoms with Crippen molar-refractivity contribution >= 4 is 11.7 Å². The number of nitrogens with zero attached hydrogens (tertiary/aromatic N) is 4. The van der Waals surface area contributed by atoms with Crippen LogP contribution in [0, 0.1) is 13.8 Å². The van der Waals surface area contributed by atoms with Gasteiger partial charge in [0.05, 0.1) is 17.9 Å². The first kappa shape index (κ1) is 20.4. The van der Waals surface area contributed by atoms with Crippen molar-refractivity contribution in [3.63, 3.8) is 0 Å². The molecule has 0 unspecified atom stereocenters. The van der Waals surface area contributed by atoms with E-state index in [0.29, 0.717) is 13.1 Å². The highest BCUT2D eigenvalue weighted by Crippen LogP contribution is 2.13. The zero-order valence-corrected chi connectivity index (χ0v) is 17.7. The zero-order chi connectivity index (χ0) is 21.6. The summed E-state index contributed by atoms with van der Waals surface area (Å²) < 4.78 is 3.78. The summed E-state index contributed by atoms with van der Waals surface area (Å²) in [6, 6.07) is 19.7. The summed E-state index contributed by atoms with van der Waals surface area (Å²) in [6.45, 7) is 5.25. The summed E-state index contributed by atoms with van der Waals surface area (Å²) in [5.41, 5.74) is 6.14. The lowest BCUT2D eigenvalue weighted by atomic mass is 10.1. The number of amides is 2. The van der Waals surface area contributed by atoms with Gasteiger partial charge >= 0.3 is 6.03 Å². The normalized spacial score (nSPS) is 10.8. The van der Waals surface area contributed by atoms with Crippen molar-refractivity contribution in [3.8, 4) is 5.69 Å². The highest BCUT2D eigenvalue weighted by atomic mass is 16.2. The lowest BCUT2D eigenvalue weighted by molar-refractivity contribution is 0.252. The van der Waals surface area contributed by atoms with E-state index in [1.54, 1.807) is 6.20 Å². The number of carbonyl (C=O) groups is 1. The predicted molar refractivity (Wildman–Crippen MR) is 122 cm³/mol. The summed E-state index contributed by atoms with van der Waals surface area (Å²) in [5, 5.41) is 14.5. The third-order valence-corrected chi connectivity index (χ3v) is 5.03. The number of carbonyl (C=O) groups excluding carboxylic acids is 1. The number of anilines is 1. The molecular weight excluding hydrogens is 388 g/mol. The number of benzene rings is 2. The first-order valence-corrected chi connectivity index (χ1v) is 10.3. The van der Waals surface area contributed by atoms with Gasteiger partial charge in [-0.05, 0) is 67.8 Å². The van der Waals surface area contributed by atoms with Gasteiger partial charge in [0, 0.05) is 30.3 Å². The molecule has 0 radical (unpaired) electrons. The molecule has 2 N–H and O–H groups in total. The van der Waals surface area contributed by atoms with Crippen molar-refractivity contribution in [2.45, 2.75) is 26.8 Å². The van der Waals surface area contributed by atoms with Crippen LogP contribution >= 0.6 is 0 Å². The number of rotatable bonds is 7. The monoisotopic (exact) mass is 414 g/mol. The van der Waals surface area contributed by atoms with E-state index < -0.39 is 0 Å². The smallest absolute Gasteiger partial charge is 0.319 e. The van der Waals surface area contributed by atoms with Crippen LogP contribution in [0.15, 0.2) is 73.1 Å². The molecule has 0 saturated heterocycles. The first-order valence-electron chi connectivity index (χ1n) is 10.3. The van der Waals surface area contributed by atoms with E-state index in [1.807, 2.05) is 71.9 Å². The van der Waals surface area contributed by atoms with E-state index in [0.717, 1.165) is 40.3 Å². The van der Waals surface area contributed by atoms with Gasteiger partial charge in [-0.1, -0.05) is 24.3 Å². The summed E-state index contributed by atoms with van der Waals surface area (Å²) in [7, 11) is 0. The van der Waals surface area contributed by atoms with Crippen molar-refractivity contribution in [1.82, 2.24) is 24.9 Å². The van der Waals surface area contributed by atoms with Gasteiger partial charge in [-0.2, -0.15) is 10.2 Å². The maximum Gasteiger partial charge on any atom is 0.319 e. The maximum atomic E-state index is 12.3. The van der Waals surface area contributed by atoms with Gasteiger partial charge in [0.25, 0.3) is 0 Å². The van der Waals surface area contributed by atoms with Gasteiger partial charge in [0.2, 0.25) is 0 Å². The van der Waals surface area contributed by atoms with Crippen LogP contribution in [0.3, 0.4) is 0 Å². The van der Waals surface area contributed by atoms with E-state index in [-0.39, 0.29) is 6.03 Å². The molecule has 31 heavy (non-hydrogen) atoms. The Bertz CT molecular complexity index is 1150. The second kappa shape index (κ2) is 9.30. The van der Waals surface area contributed by atoms with Crippen molar-refractivity contribution in [2.24, 2.45) is 0 Å². The average molecular weight is 415 g/mol. The predicted octanol–water partition coefficient (Wildman–Crippen LogP) is 4.10. The van der Waals surface area contributed by atoms with Crippen LogP contribution in [-0.4, -0.2) is 32.1 Å². The van der Waals surface area contributed by atoms with Crippen molar-refractivity contribution < 1.29 is 4.79 Å². The van der Waals surface area contributed by atoms with Gasteiger partial charge in [0.1, 0.15) is 0 Å². The van der Waals surface area contributed by atoms with E-state index >= 15 is 0 Å². The Morgan fingerprint density at radius 1 is 1.00 bits per heavy atom. The molecule has 2 aromatic heterocycles. The fraction of sp³-hybridized carbons (Fsp3) is 0.208. The molecular formula is C24H26N6O. The molecule has 2 heterocycles. The zero-order valence-electron chi connectivity index (χ0n) is 17.7. The van der Waals surface area contributed by atoms with Gasteiger partial charge in [0.15, 0.2) is 0 Å². The Morgan fingerprint density at radius 3 is 2.55 bits per heavy atom. The van der Waals surface area contributed by atoms with Crippen molar-refractivity contribution in [3.05, 3.63) is 95.6 Å². The first-order chi connectivity index (χ1) is 15.1. The highest BCUT2D eigenvalue weighted by Gasteiger charge is 2.05. The molecule has 0 bridgehead atoms. The quantitative estimate of drug-likeness (QED) is 0.478. The van der Waals surface area contributed by atoms with E-state index in [2.05, 4.69) is 39.0 Å². The van der Waals surface area contributed by atoms with Crippen LogP contribution in [-0.2, 0) is 13.0 Å². The lowest BCUT2D eigenvalue weighted by Gasteiger charge is -2.10. The summed E-state index contributed by atoms with van der Waals surface area (Å²) in [4.78, 5) is 12.3. The third-order valence-electron chi connectivity index (χ3n) is 5.03. The summed E-state index contributed by atoms with van der Waals surface area (Å²) >= 11 is 0. The van der Waals surface area contributed by atoms with E-state index in [4.69, 9.17) is 0 Å². The molecule has 7 heteroatoms. The minimum absolute atomic E-state index is 0.212. The molecule has 0 saturated carbocycles. The number of aromatic nitrogens is 4. The number of urea groups is 1. The number of aryl methyl sites for hydroxylation is 2. The number of hydrogen-bond donors (Lipinski definition) is 2. The van der Waals surface area contributed by atoms with Crippen LogP contribution in [0.4, 0.5) is 10.5 Å². The molecule has 0 aliphatic carbocycles. The second-order valence-electron chi connectivity index (χ2n) is 7.53. The fourth-order valence-corrected chi connectivity index (χ4v) is 3.49. The number of hydrogen-bond acceptors (Lipinski definition) is 3. The average Bonchev–Trinajstić information content (AvgIpc) is 3.39. The summed E-state index contributed by atoms with van der Waals surface area (Å²) in [6.07, 6.45) is 4.42. The molecule has 4 aromatic rings. The van der Waals surface area contributed by atoms with E-state index in [9.17, 15) is 4.79 Å². The Labute approximate surface area is 181 Å². The minimum atomic E-state index is -0.212. The topological polar surface area (TPSA) is 76.8 Å². The molecule has 0 spiro atoms. The SMILES string of the molecule is Cc1cc(C)n(Cc2cccc(NC(=O)NCCc3ccc(-n4cccn4)cc3)c2)n1. The van der Waals surface area contributed by atoms with Crippen LogP contribution in [0.2, 0.25) is 0 Å². The lowest BCUT2D eigenvalue weighted by Crippen LogP contribution is -2.30. The molecule has 0 aliphatic heterocycles. The standard InChI is InChI=1S/C24H26N6O/c1-18-15-19(2)30(28-18)17-21-5-3-6-22(16-21)27-24(31)25-13-11-20-7-9-23(10-8-20)29-14-4-12-26-29/h3-10,12,14-16H,11,13,17H2,1-2H3,(H2,25,27,31). The second-order valence-corrected chi connectivity index (χ2v) is 7.53. The number of nitrogens with one attached hydrogen (secondary N) is 2. The van der Waals surface area contributed by atoms with Crippen molar-refractivity contribution in [1.29, 1.82) is 0 Å². The summed E-state index contributed by atoms with van der Waals surface area (Å²) in [5.74, 6) is 0. The molecule has 158 valence electrons. The Morgan fingerprint density at radius 2 is 1.84 bits per heavy atom. The van der Waals surface area contributed by atoms with Gasteiger partial charge in [-0.15, -0.1) is 0 Å². The van der Waals surface area contributed by atoms with Crippen LogP contribution in [0.5, 0.6) is 0 Å². The van der Waals surface area contributed by atoms with Crippen molar-refractivity contribution in [2.75, 3.05) is 11.9 Å². The highest BCUT2D eigenvalue weighted by molar-refractivity contribution is 5.89. The Kier molecular flexibility index (Phi) is 6.12. The Balaban J connectivity index is 1.26. The third kappa shape index (κ3) is 5.39. The Hall–Kier alpha value is -3.87. The van der Waals surface area contributed by atoms with Gasteiger partial charge in [-0.3, -0.25) is 4.68 Å². The molecule has 0 aliphatic rings. The van der Waals surface area contributed by atoms with Crippen LogP contribution in [0.25, 0.3) is 5.69 Å². The molecule has 4 rings (SSSR count). The fourth-order valence-electron chi connectivity index (χ4n) is 3.49. The largest absolute Gasteiger partial charge is 0.338 e. The van der Waals surface area contributed by atoms with Gasteiger partial charge in [-0.25, -0.2) is 9.48 Å². The van der Waals surface area contributed by atoms with Crippen LogP contribution in [0.1, 0.15) is 22.5 Å².